The largest absolute Gasteiger partial charge is 0.336 e. The van der Waals surface area contributed by atoms with E-state index in [0.29, 0.717) is 5.91 Å². The third-order valence-corrected chi connectivity index (χ3v) is 3.29. The summed E-state index contributed by atoms with van der Waals surface area (Å²) in [6.07, 6.45) is 3.32. The minimum absolute atomic E-state index is 0.0916. The molecule has 0 radical (unpaired) electrons. The Morgan fingerprint density at radius 2 is 2.23 bits per heavy atom. The van der Waals surface area contributed by atoms with Gasteiger partial charge in [0.05, 0.1) is 6.04 Å². The van der Waals surface area contributed by atoms with Crippen LogP contribution in [0.15, 0.2) is 0 Å². The molecule has 2 aliphatic rings. The van der Waals surface area contributed by atoms with Gasteiger partial charge in [-0.1, -0.05) is 0 Å². The molecule has 3 nitrogen and oxygen atoms in total. The maximum absolute atomic E-state index is 11.9. The Kier molecular flexibility index (Phi) is 2.06. The van der Waals surface area contributed by atoms with E-state index in [-0.39, 0.29) is 11.6 Å². The zero-order chi connectivity index (χ0) is 9.47. The SMILES string of the molecule is CC1(C)CCCN1C(=O)[C@H]1CCN1. The fourth-order valence-electron chi connectivity index (χ4n) is 2.20. The number of amides is 1. The molecule has 0 unspecified atom stereocenters. The summed E-state index contributed by atoms with van der Waals surface area (Å²) in [6.45, 7) is 6.28. The van der Waals surface area contributed by atoms with Gasteiger partial charge >= 0.3 is 0 Å². The zero-order valence-electron chi connectivity index (χ0n) is 8.47. The molecule has 0 aromatic rings. The predicted octanol–water partition coefficient (Wildman–Crippen LogP) is 0.749. The van der Waals surface area contributed by atoms with Crippen molar-refractivity contribution in [3.05, 3.63) is 0 Å². The highest BCUT2D eigenvalue weighted by atomic mass is 16.2. The molecule has 0 aliphatic carbocycles. The first kappa shape index (κ1) is 9.00. The highest BCUT2D eigenvalue weighted by Crippen LogP contribution is 2.29. The summed E-state index contributed by atoms with van der Waals surface area (Å²) in [5.74, 6) is 0.314. The highest BCUT2D eigenvalue weighted by molar-refractivity contribution is 5.83. The summed E-state index contributed by atoms with van der Waals surface area (Å²) in [7, 11) is 0. The molecule has 1 N–H and O–H groups in total. The Morgan fingerprint density at radius 1 is 1.54 bits per heavy atom. The van der Waals surface area contributed by atoms with Crippen LogP contribution in [0.3, 0.4) is 0 Å². The molecule has 2 saturated heterocycles. The molecule has 2 aliphatic heterocycles. The van der Waals surface area contributed by atoms with E-state index in [0.717, 1.165) is 32.4 Å². The second-order valence-electron chi connectivity index (χ2n) is 4.70. The van der Waals surface area contributed by atoms with E-state index in [4.69, 9.17) is 0 Å². The zero-order valence-corrected chi connectivity index (χ0v) is 8.47. The molecular weight excluding hydrogens is 164 g/mol. The molecule has 0 aromatic heterocycles. The number of hydrogen-bond acceptors (Lipinski definition) is 2. The molecular formula is C10H18N2O. The molecule has 2 rings (SSSR count). The van der Waals surface area contributed by atoms with Crippen LogP contribution in [0.2, 0.25) is 0 Å². The van der Waals surface area contributed by atoms with Crippen molar-refractivity contribution in [3.63, 3.8) is 0 Å². The topological polar surface area (TPSA) is 32.3 Å². The van der Waals surface area contributed by atoms with Crippen LogP contribution in [-0.2, 0) is 4.79 Å². The minimum Gasteiger partial charge on any atom is -0.336 e. The minimum atomic E-state index is 0.0916. The van der Waals surface area contributed by atoms with Crippen molar-refractivity contribution >= 4 is 5.91 Å². The van der Waals surface area contributed by atoms with Gasteiger partial charge in [-0.2, -0.15) is 0 Å². The molecule has 3 heteroatoms. The van der Waals surface area contributed by atoms with Gasteiger partial charge in [-0.25, -0.2) is 0 Å². The van der Waals surface area contributed by atoms with Gasteiger partial charge in [-0.3, -0.25) is 4.79 Å². The van der Waals surface area contributed by atoms with E-state index >= 15 is 0 Å². The van der Waals surface area contributed by atoms with Gasteiger partial charge in [0.2, 0.25) is 5.91 Å². The molecule has 2 fully saturated rings. The fourth-order valence-corrected chi connectivity index (χ4v) is 2.20. The van der Waals surface area contributed by atoms with Crippen LogP contribution < -0.4 is 5.32 Å². The Hall–Kier alpha value is -0.570. The molecule has 2 heterocycles. The van der Waals surface area contributed by atoms with E-state index in [9.17, 15) is 4.79 Å². The van der Waals surface area contributed by atoms with Crippen LogP contribution in [0.25, 0.3) is 0 Å². The monoisotopic (exact) mass is 182 g/mol. The Bertz CT molecular complexity index is 221. The van der Waals surface area contributed by atoms with Gasteiger partial charge in [0.25, 0.3) is 0 Å². The second kappa shape index (κ2) is 2.98. The van der Waals surface area contributed by atoms with Gasteiger partial charge < -0.3 is 10.2 Å². The number of carbonyl (C=O) groups is 1. The van der Waals surface area contributed by atoms with Crippen LogP contribution in [0.4, 0.5) is 0 Å². The van der Waals surface area contributed by atoms with Crippen LogP contribution in [-0.4, -0.2) is 35.5 Å². The summed E-state index contributed by atoms with van der Waals surface area (Å²) >= 11 is 0. The van der Waals surface area contributed by atoms with Gasteiger partial charge in [0.15, 0.2) is 0 Å². The number of hydrogen-bond donors (Lipinski definition) is 1. The summed E-state index contributed by atoms with van der Waals surface area (Å²) in [4.78, 5) is 14.0. The number of rotatable bonds is 1. The van der Waals surface area contributed by atoms with E-state index < -0.39 is 0 Å². The van der Waals surface area contributed by atoms with Crippen molar-refractivity contribution in [1.82, 2.24) is 10.2 Å². The fraction of sp³-hybridized carbons (Fsp3) is 0.900. The molecule has 0 saturated carbocycles. The lowest BCUT2D eigenvalue weighted by molar-refractivity contribution is -0.138. The van der Waals surface area contributed by atoms with Crippen molar-refractivity contribution < 1.29 is 4.79 Å². The molecule has 0 bridgehead atoms. The Balaban J connectivity index is 2.02. The average molecular weight is 182 g/mol. The van der Waals surface area contributed by atoms with Gasteiger partial charge in [-0.15, -0.1) is 0 Å². The van der Waals surface area contributed by atoms with Crippen molar-refractivity contribution in [3.8, 4) is 0 Å². The lowest BCUT2D eigenvalue weighted by atomic mass is 9.99. The van der Waals surface area contributed by atoms with Crippen molar-refractivity contribution in [1.29, 1.82) is 0 Å². The summed E-state index contributed by atoms with van der Waals surface area (Å²) in [6, 6.07) is 0.123. The lowest BCUT2D eigenvalue weighted by Crippen LogP contribution is -2.57. The first-order valence-corrected chi connectivity index (χ1v) is 5.16. The third-order valence-electron chi connectivity index (χ3n) is 3.29. The highest BCUT2D eigenvalue weighted by Gasteiger charge is 2.39. The van der Waals surface area contributed by atoms with Crippen LogP contribution in [0, 0.1) is 0 Å². The maximum atomic E-state index is 11.9. The first-order chi connectivity index (χ1) is 6.11. The van der Waals surface area contributed by atoms with Crippen molar-refractivity contribution in [2.75, 3.05) is 13.1 Å². The van der Waals surface area contributed by atoms with E-state index in [2.05, 4.69) is 19.2 Å². The first-order valence-electron chi connectivity index (χ1n) is 5.16. The normalized spacial score (nSPS) is 31.5. The average Bonchev–Trinajstić information content (AvgIpc) is 2.25. The molecule has 13 heavy (non-hydrogen) atoms. The molecule has 0 aromatic carbocycles. The standard InChI is InChI=1S/C10H18N2O/c1-10(2)5-3-7-12(10)9(13)8-4-6-11-8/h8,11H,3-7H2,1-2H3/t8-/m1/s1. The Morgan fingerprint density at radius 3 is 2.62 bits per heavy atom. The van der Waals surface area contributed by atoms with Crippen LogP contribution in [0.5, 0.6) is 0 Å². The van der Waals surface area contributed by atoms with Gasteiger partial charge in [-0.05, 0) is 39.7 Å². The smallest absolute Gasteiger partial charge is 0.240 e. The van der Waals surface area contributed by atoms with Gasteiger partial charge in [0, 0.05) is 12.1 Å². The quantitative estimate of drug-likeness (QED) is 0.649. The molecule has 0 spiro atoms. The van der Waals surface area contributed by atoms with Crippen molar-refractivity contribution in [2.45, 2.75) is 44.7 Å². The third kappa shape index (κ3) is 1.46. The lowest BCUT2D eigenvalue weighted by Gasteiger charge is -2.37. The van der Waals surface area contributed by atoms with Crippen LogP contribution in [0.1, 0.15) is 33.1 Å². The van der Waals surface area contributed by atoms with Crippen molar-refractivity contribution in [2.24, 2.45) is 0 Å². The maximum Gasteiger partial charge on any atom is 0.240 e. The summed E-state index contributed by atoms with van der Waals surface area (Å²) in [5, 5.41) is 3.17. The van der Waals surface area contributed by atoms with Crippen LogP contribution >= 0.6 is 0 Å². The van der Waals surface area contributed by atoms with Gasteiger partial charge in [0.1, 0.15) is 0 Å². The second-order valence-corrected chi connectivity index (χ2v) is 4.70. The predicted molar refractivity (Wildman–Crippen MR) is 51.4 cm³/mol. The van der Waals surface area contributed by atoms with E-state index in [1.807, 2.05) is 4.90 Å². The molecule has 1 amide bonds. The number of nitrogens with one attached hydrogen (secondary N) is 1. The number of nitrogens with zero attached hydrogens (tertiary/aromatic N) is 1. The van der Waals surface area contributed by atoms with E-state index in [1.165, 1.54) is 0 Å². The number of carbonyl (C=O) groups excluding carboxylic acids is 1. The molecule has 74 valence electrons. The molecule has 1 atom stereocenters. The summed E-state index contributed by atoms with van der Waals surface area (Å²) in [5.41, 5.74) is 0.0916. The Labute approximate surface area is 79.5 Å². The van der Waals surface area contributed by atoms with E-state index in [1.54, 1.807) is 0 Å². The summed E-state index contributed by atoms with van der Waals surface area (Å²) < 4.78 is 0. The number of likely N-dealkylation sites (tertiary alicyclic amines) is 1.